The first kappa shape index (κ1) is 15.0. The second-order valence-corrected chi connectivity index (χ2v) is 5.12. The van der Waals surface area contributed by atoms with Crippen LogP contribution in [0.2, 0.25) is 0 Å². The van der Waals surface area contributed by atoms with E-state index >= 15 is 0 Å². The fraction of sp³-hybridized carbons (Fsp3) is 0.294. The van der Waals surface area contributed by atoms with Gasteiger partial charge in [0.15, 0.2) is 0 Å². The van der Waals surface area contributed by atoms with Crippen molar-refractivity contribution in [2.75, 3.05) is 0 Å². The predicted molar refractivity (Wildman–Crippen MR) is 83.5 cm³/mol. The van der Waals surface area contributed by atoms with Crippen molar-refractivity contribution in [1.82, 2.24) is 9.78 Å². The Kier molecular flexibility index (Phi) is 4.58. The van der Waals surface area contributed by atoms with Crippen LogP contribution in [0.15, 0.2) is 43.0 Å². The molecule has 1 aromatic carbocycles. The van der Waals surface area contributed by atoms with Crippen LogP contribution in [0.4, 0.5) is 0 Å². The Balaban J connectivity index is 2.35. The quantitative estimate of drug-likeness (QED) is 0.817. The number of rotatable bonds is 6. The second kappa shape index (κ2) is 6.39. The smallest absolute Gasteiger partial charge is 0.354 e. The summed E-state index contributed by atoms with van der Waals surface area (Å²) in [5.74, 6) is -0.459. The molecule has 21 heavy (non-hydrogen) atoms. The molecule has 0 bridgehead atoms. The summed E-state index contributed by atoms with van der Waals surface area (Å²) in [6, 6.07) is 9.75. The molecular weight excluding hydrogens is 264 g/mol. The fourth-order valence-electron chi connectivity index (χ4n) is 2.21. The van der Waals surface area contributed by atoms with Gasteiger partial charge in [-0.15, -0.1) is 6.58 Å². The summed E-state index contributed by atoms with van der Waals surface area (Å²) in [6.07, 6.45) is 2.73. The third-order valence-corrected chi connectivity index (χ3v) is 3.69. The van der Waals surface area contributed by atoms with E-state index < -0.39 is 5.97 Å². The molecular formula is C17H20N2O2. The van der Waals surface area contributed by atoms with Gasteiger partial charge in [0.2, 0.25) is 0 Å². The third-order valence-electron chi connectivity index (χ3n) is 3.69. The molecule has 0 amide bonds. The molecule has 0 fully saturated rings. The van der Waals surface area contributed by atoms with Crippen LogP contribution >= 0.6 is 0 Å². The molecule has 0 saturated heterocycles. The van der Waals surface area contributed by atoms with Crippen LogP contribution in [0.5, 0.6) is 0 Å². The fourth-order valence-corrected chi connectivity index (χ4v) is 2.21. The Morgan fingerprint density at radius 2 is 2.10 bits per heavy atom. The summed E-state index contributed by atoms with van der Waals surface area (Å²) < 4.78 is 1.45. The summed E-state index contributed by atoms with van der Waals surface area (Å²) in [5, 5.41) is 13.6. The number of carboxylic acid groups (broad SMARTS) is 1. The van der Waals surface area contributed by atoms with Gasteiger partial charge in [-0.2, -0.15) is 5.10 Å². The third kappa shape index (κ3) is 3.21. The second-order valence-electron chi connectivity index (χ2n) is 5.12. The number of aromatic nitrogens is 2. The summed E-state index contributed by atoms with van der Waals surface area (Å²) in [5.41, 5.74) is 3.05. The number of nitrogens with zero attached hydrogens (tertiary/aromatic N) is 2. The minimum absolute atomic E-state index is 0.177. The molecule has 2 rings (SSSR count). The van der Waals surface area contributed by atoms with Gasteiger partial charge in [0.1, 0.15) is 5.69 Å². The monoisotopic (exact) mass is 284 g/mol. The van der Waals surface area contributed by atoms with E-state index in [1.165, 1.54) is 10.2 Å². The lowest BCUT2D eigenvalue weighted by atomic mass is 9.97. The van der Waals surface area contributed by atoms with E-state index in [9.17, 15) is 9.90 Å². The van der Waals surface area contributed by atoms with Crippen molar-refractivity contribution in [2.45, 2.75) is 32.7 Å². The summed E-state index contributed by atoms with van der Waals surface area (Å²) in [7, 11) is 0. The Labute approximate surface area is 124 Å². The van der Waals surface area contributed by atoms with Gasteiger partial charge in [0.25, 0.3) is 0 Å². The SMILES string of the molecule is C=CCn1nc(-c2ccc(C(C)CC)cc2)cc1C(=O)O. The van der Waals surface area contributed by atoms with Gasteiger partial charge in [-0.1, -0.05) is 44.2 Å². The lowest BCUT2D eigenvalue weighted by Crippen LogP contribution is -2.08. The Morgan fingerprint density at radius 1 is 1.43 bits per heavy atom. The topological polar surface area (TPSA) is 55.1 Å². The molecule has 0 aliphatic rings. The van der Waals surface area contributed by atoms with E-state index in [1.807, 2.05) is 12.1 Å². The van der Waals surface area contributed by atoms with Crippen LogP contribution in [0.25, 0.3) is 11.3 Å². The Bertz CT molecular complexity index is 641. The summed E-state index contributed by atoms with van der Waals surface area (Å²) in [4.78, 5) is 11.2. The van der Waals surface area contributed by atoms with Crippen LogP contribution in [0.1, 0.15) is 42.2 Å². The highest BCUT2D eigenvalue weighted by Crippen LogP contribution is 2.24. The predicted octanol–water partition coefficient (Wildman–Crippen LogP) is 3.95. The Morgan fingerprint density at radius 3 is 2.62 bits per heavy atom. The van der Waals surface area contributed by atoms with Gasteiger partial charge in [-0.3, -0.25) is 4.68 Å². The molecule has 1 aromatic heterocycles. The van der Waals surface area contributed by atoms with Crippen molar-refractivity contribution in [2.24, 2.45) is 0 Å². The maximum absolute atomic E-state index is 11.2. The molecule has 0 aliphatic heterocycles. The molecule has 0 radical (unpaired) electrons. The summed E-state index contributed by atoms with van der Waals surface area (Å²) >= 11 is 0. The molecule has 0 aliphatic carbocycles. The summed E-state index contributed by atoms with van der Waals surface area (Å²) in [6.45, 7) is 8.36. The highest BCUT2D eigenvalue weighted by Gasteiger charge is 2.14. The number of carbonyl (C=O) groups is 1. The standard InChI is InChI=1S/C17H20N2O2/c1-4-10-19-16(17(20)21)11-15(18-19)14-8-6-13(7-9-14)12(3)5-2/h4,6-9,11-12H,1,5,10H2,2-3H3,(H,20,21). The van der Waals surface area contributed by atoms with Crippen molar-refractivity contribution >= 4 is 5.97 Å². The van der Waals surface area contributed by atoms with Crippen LogP contribution < -0.4 is 0 Å². The number of benzene rings is 1. The van der Waals surface area contributed by atoms with E-state index in [2.05, 4.69) is 37.7 Å². The van der Waals surface area contributed by atoms with E-state index in [0.29, 0.717) is 18.2 Å². The van der Waals surface area contributed by atoms with E-state index in [-0.39, 0.29) is 5.69 Å². The van der Waals surface area contributed by atoms with Crippen molar-refractivity contribution in [3.05, 3.63) is 54.2 Å². The normalized spacial score (nSPS) is 12.1. The molecule has 1 N–H and O–H groups in total. The largest absolute Gasteiger partial charge is 0.477 e. The average Bonchev–Trinajstić information content (AvgIpc) is 2.91. The zero-order valence-corrected chi connectivity index (χ0v) is 12.4. The molecule has 110 valence electrons. The van der Waals surface area contributed by atoms with Gasteiger partial charge in [-0.25, -0.2) is 4.79 Å². The molecule has 4 heteroatoms. The number of hydrogen-bond acceptors (Lipinski definition) is 2. The zero-order valence-electron chi connectivity index (χ0n) is 12.4. The molecule has 2 aromatic rings. The Hall–Kier alpha value is -2.36. The number of carboxylic acids is 1. The highest BCUT2D eigenvalue weighted by molar-refractivity contribution is 5.87. The minimum Gasteiger partial charge on any atom is -0.477 e. The van der Waals surface area contributed by atoms with Crippen LogP contribution in [0, 0.1) is 0 Å². The molecule has 0 saturated carbocycles. The number of hydrogen-bond donors (Lipinski definition) is 1. The molecule has 0 spiro atoms. The van der Waals surface area contributed by atoms with Crippen LogP contribution in [-0.2, 0) is 6.54 Å². The van der Waals surface area contributed by atoms with Crippen molar-refractivity contribution in [1.29, 1.82) is 0 Å². The lowest BCUT2D eigenvalue weighted by Gasteiger charge is -2.08. The van der Waals surface area contributed by atoms with Gasteiger partial charge >= 0.3 is 5.97 Å². The average molecular weight is 284 g/mol. The van der Waals surface area contributed by atoms with E-state index in [4.69, 9.17) is 0 Å². The first-order chi connectivity index (χ1) is 10.1. The van der Waals surface area contributed by atoms with Gasteiger partial charge < -0.3 is 5.11 Å². The van der Waals surface area contributed by atoms with Crippen molar-refractivity contribution < 1.29 is 9.90 Å². The van der Waals surface area contributed by atoms with Gasteiger partial charge in [-0.05, 0) is 24.0 Å². The molecule has 1 heterocycles. The van der Waals surface area contributed by atoms with E-state index in [0.717, 1.165) is 12.0 Å². The van der Waals surface area contributed by atoms with Crippen molar-refractivity contribution in [3.63, 3.8) is 0 Å². The maximum Gasteiger partial charge on any atom is 0.354 e. The number of aromatic carboxylic acids is 1. The number of allylic oxidation sites excluding steroid dienone is 1. The minimum atomic E-state index is -0.980. The van der Waals surface area contributed by atoms with Crippen LogP contribution in [-0.4, -0.2) is 20.9 Å². The van der Waals surface area contributed by atoms with Crippen LogP contribution in [0.3, 0.4) is 0 Å². The molecule has 1 unspecified atom stereocenters. The zero-order chi connectivity index (χ0) is 15.4. The van der Waals surface area contributed by atoms with Gasteiger partial charge in [0, 0.05) is 5.56 Å². The lowest BCUT2D eigenvalue weighted by molar-refractivity contribution is 0.0684. The maximum atomic E-state index is 11.2. The highest BCUT2D eigenvalue weighted by atomic mass is 16.4. The first-order valence-electron chi connectivity index (χ1n) is 7.09. The van der Waals surface area contributed by atoms with E-state index in [1.54, 1.807) is 12.1 Å². The molecule has 1 atom stereocenters. The van der Waals surface area contributed by atoms with Gasteiger partial charge in [0.05, 0.1) is 12.2 Å². The van der Waals surface area contributed by atoms with Crippen molar-refractivity contribution in [3.8, 4) is 11.3 Å². The first-order valence-corrected chi connectivity index (χ1v) is 7.09. The molecule has 4 nitrogen and oxygen atoms in total.